The van der Waals surface area contributed by atoms with E-state index >= 15 is 0 Å². The number of aliphatic hydroxyl groups is 1. The summed E-state index contributed by atoms with van der Waals surface area (Å²) in [4.78, 5) is 20.7. The van der Waals surface area contributed by atoms with Gasteiger partial charge in [0.2, 0.25) is 0 Å². The molecular weight excluding hydrogens is 280 g/mol. The van der Waals surface area contributed by atoms with Crippen LogP contribution < -0.4 is 0 Å². The molecule has 2 heterocycles. The topological polar surface area (TPSA) is 61.6 Å². The Kier molecular flexibility index (Phi) is 4.50. The molecule has 116 valence electrons. The van der Waals surface area contributed by atoms with Gasteiger partial charge in [-0.2, -0.15) is 0 Å². The Balaban J connectivity index is 1.69. The van der Waals surface area contributed by atoms with Gasteiger partial charge in [-0.05, 0) is 18.2 Å². The molecule has 0 bridgehead atoms. The highest BCUT2D eigenvalue weighted by Crippen LogP contribution is 2.13. The molecule has 1 amide bonds. The zero-order valence-corrected chi connectivity index (χ0v) is 12.4. The number of nitrogens with zero attached hydrogens (tertiary/aromatic N) is 4. The van der Waals surface area contributed by atoms with Crippen molar-refractivity contribution in [1.82, 2.24) is 19.4 Å². The smallest absolute Gasteiger partial charge is 0.254 e. The first-order valence-electron chi connectivity index (χ1n) is 7.49. The molecule has 22 heavy (non-hydrogen) atoms. The van der Waals surface area contributed by atoms with E-state index in [2.05, 4.69) is 9.88 Å². The molecule has 1 N–H and O–H groups in total. The number of imidazole rings is 1. The predicted molar refractivity (Wildman–Crippen MR) is 83.0 cm³/mol. The third-order valence-corrected chi connectivity index (χ3v) is 3.97. The van der Waals surface area contributed by atoms with Crippen LogP contribution in [-0.2, 0) is 0 Å². The van der Waals surface area contributed by atoms with Crippen molar-refractivity contribution in [1.29, 1.82) is 0 Å². The minimum Gasteiger partial charge on any atom is -0.395 e. The minimum atomic E-state index is 0.0608. The molecule has 0 spiro atoms. The maximum atomic E-state index is 12.6. The summed E-state index contributed by atoms with van der Waals surface area (Å²) in [5, 5.41) is 8.96. The summed E-state index contributed by atoms with van der Waals surface area (Å²) in [6, 6.07) is 7.59. The first kappa shape index (κ1) is 14.7. The van der Waals surface area contributed by atoms with Gasteiger partial charge in [0.05, 0.1) is 12.9 Å². The van der Waals surface area contributed by atoms with Gasteiger partial charge in [0.25, 0.3) is 5.91 Å². The molecular formula is C16H20N4O2. The first-order valence-corrected chi connectivity index (χ1v) is 7.49. The molecule has 6 nitrogen and oxygen atoms in total. The van der Waals surface area contributed by atoms with Crippen LogP contribution in [0.15, 0.2) is 43.0 Å². The normalized spacial score (nSPS) is 16.0. The quantitative estimate of drug-likeness (QED) is 0.899. The van der Waals surface area contributed by atoms with Crippen molar-refractivity contribution in [3.63, 3.8) is 0 Å². The number of piperazine rings is 1. The second-order valence-corrected chi connectivity index (χ2v) is 5.38. The van der Waals surface area contributed by atoms with Crippen molar-refractivity contribution in [2.75, 3.05) is 39.3 Å². The van der Waals surface area contributed by atoms with E-state index in [0.29, 0.717) is 25.2 Å². The maximum absolute atomic E-state index is 12.6. The Hall–Kier alpha value is -2.18. The van der Waals surface area contributed by atoms with E-state index < -0.39 is 0 Å². The Labute approximate surface area is 129 Å². The number of aromatic nitrogens is 2. The molecule has 2 aromatic rings. The average molecular weight is 300 g/mol. The number of hydrogen-bond acceptors (Lipinski definition) is 4. The number of carbonyl (C=O) groups excluding carboxylic acids is 1. The molecule has 1 saturated heterocycles. The number of aliphatic hydroxyl groups excluding tert-OH is 1. The monoisotopic (exact) mass is 300 g/mol. The average Bonchev–Trinajstić information content (AvgIpc) is 3.10. The highest BCUT2D eigenvalue weighted by molar-refractivity contribution is 5.94. The van der Waals surface area contributed by atoms with Crippen LogP contribution in [0.3, 0.4) is 0 Å². The van der Waals surface area contributed by atoms with Crippen molar-refractivity contribution in [2.45, 2.75) is 0 Å². The van der Waals surface area contributed by atoms with Gasteiger partial charge in [0, 0.05) is 56.4 Å². The molecule has 1 aliphatic rings. The number of amides is 1. The minimum absolute atomic E-state index is 0.0608. The van der Waals surface area contributed by atoms with Gasteiger partial charge in [-0.1, -0.05) is 6.07 Å². The van der Waals surface area contributed by atoms with E-state index in [-0.39, 0.29) is 12.5 Å². The summed E-state index contributed by atoms with van der Waals surface area (Å²) in [6.45, 7) is 3.88. The van der Waals surface area contributed by atoms with Crippen LogP contribution >= 0.6 is 0 Å². The number of carbonyl (C=O) groups is 1. The van der Waals surface area contributed by atoms with Crippen LogP contribution in [0.25, 0.3) is 5.69 Å². The Morgan fingerprint density at radius 2 is 2.05 bits per heavy atom. The first-order chi connectivity index (χ1) is 10.8. The fraction of sp³-hybridized carbons (Fsp3) is 0.375. The van der Waals surface area contributed by atoms with Crippen LogP contribution in [0.2, 0.25) is 0 Å². The summed E-state index contributed by atoms with van der Waals surface area (Å²) in [5.41, 5.74) is 1.63. The molecule has 1 aromatic carbocycles. The molecule has 0 unspecified atom stereocenters. The zero-order valence-electron chi connectivity index (χ0n) is 12.4. The second kappa shape index (κ2) is 6.72. The van der Waals surface area contributed by atoms with Crippen LogP contribution in [0.5, 0.6) is 0 Å². The van der Waals surface area contributed by atoms with E-state index in [1.165, 1.54) is 0 Å². The van der Waals surface area contributed by atoms with E-state index in [4.69, 9.17) is 5.11 Å². The maximum Gasteiger partial charge on any atom is 0.254 e. The molecule has 0 aliphatic carbocycles. The van der Waals surface area contributed by atoms with Gasteiger partial charge in [0.1, 0.15) is 0 Å². The molecule has 3 rings (SSSR count). The summed E-state index contributed by atoms with van der Waals surface area (Å²) >= 11 is 0. The SMILES string of the molecule is O=C(c1cccc(-n2ccnc2)c1)N1CCN(CCO)CC1. The van der Waals surface area contributed by atoms with E-state index in [1.807, 2.05) is 39.9 Å². The van der Waals surface area contributed by atoms with Crippen molar-refractivity contribution in [3.8, 4) is 5.69 Å². The van der Waals surface area contributed by atoms with E-state index in [0.717, 1.165) is 18.8 Å². The molecule has 0 atom stereocenters. The van der Waals surface area contributed by atoms with Gasteiger partial charge in [-0.25, -0.2) is 4.98 Å². The van der Waals surface area contributed by atoms with Gasteiger partial charge < -0.3 is 14.6 Å². The highest BCUT2D eigenvalue weighted by Gasteiger charge is 2.21. The van der Waals surface area contributed by atoms with Crippen LogP contribution in [-0.4, -0.2) is 69.7 Å². The third kappa shape index (κ3) is 3.18. The van der Waals surface area contributed by atoms with E-state index in [9.17, 15) is 4.79 Å². The van der Waals surface area contributed by atoms with Crippen LogP contribution in [0.1, 0.15) is 10.4 Å². The largest absolute Gasteiger partial charge is 0.395 e. The summed E-state index contributed by atoms with van der Waals surface area (Å²) in [5.74, 6) is 0.0608. The molecule has 1 aromatic heterocycles. The van der Waals surface area contributed by atoms with Crippen LogP contribution in [0.4, 0.5) is 0 Å². The van der Waals surface area contributed by atoms with Gasteiger partial charge in [0.15, 0.2) is 0 Å². The summed E-state index contributed by atoms with van der Waals surface area (Å²) in [6.07, 6.45) is 5.30. The number of benzene rings is 1. The summed E-state index contributed by atoms with van der Waals surface area (Å²) < 4.78 is 1.88. The lowest BCUT2D eigenvalue weighted by molar-refractivity contribution is 0.0615. The predicted octanol–water partition coefficient (Wildman–Crippen LogP) is 0.622. The molecule has 1 fully saturated rings. The fourth-order valence-corrected chi connectivity index (χ4v) is 2.71. The van der Waals surface area contributed by atoms with Gasteiger partial charge in [-0.15, -0.1) is 0 Å². The number of β-amino-alcohol motifs (C(OH)–C–C–N with tert-alkyl or cyclic N) is 1. The lowest BCUT2D eigenvalue weighted by atomic mass is 10.1. The van der Waals surface area contributed by atoms with Crippen molar-refractivity contribution >= 4 is 5.91 Å². The van der Waals surface area contributed by atoms with E-state index in [1.54, 1.807) is 12.5 Å². The standard InChI is InChI=1S/C16H20N4O2/c21-11-10-18-6-8-19(9-7-18)16(22)14-2-1-3-15(12-14)20-5-4-17-13-20/h1-5,12-13,21H,6-11H2. The Morgan fingerprint density at radius 3 is 2.73 bits per heavy atom. The third-order valence-electron chi connectivity index (χ3n) is 3.97. The van der Waals surface area contributed by atoms with Crippen molar-refractivity contribution < 1.29 is 9.90 Å². The van der Waals surface area contributed by atoms with Crippen molar-refractivity contribution in [3.05, 3.63) is 48.5 Å². The van der Waals surface area contributed by atoms with Crippen LogP contribution in [0, 0.1) is 0 Å². The van der Waals surface area contributed by atoms with Gasteiger partial charge in [-0.3, -0.25) is 9.69 Å². The Bertz CT molecular complexity index is 619. The second-order valence-electron chi connectivity index (χ2n) is 5.38. The number of rotatable bonds is 4. The highest BCUT2D eigenvalue weighted by atomic mass is 16.3. The van der Waals surface area contributed by atoms with Gasteiger partial charge >= 0.3 is 0 Å². The molecule has 0 radical (unpaired) electrons. The fourth-order valence-electron chi connectivity index (χ4n) is 2.71. The Morgan fingerprint density at radius 1 is 1.23 bits per heavy atom. The lowest BCUT2D eigenvalue weighted by Crippen LogP contribution is -2.49. The molecule has 1 aliphatic heterocycles. The number of hydrogen-bond donors (Lipinski definition) is 1. The molecule has 0 saturated carbocycles. The summed E-state index contributed by atoms with van der Waals surface area (Å²) in [7, 11) is 0. The van der Waals surface area contributed by atoms with Crippen molar-refractivity contribution in [2.24, 2.45) is 0 Å². The zero-order chi connectivity index (χ0) is 15.4. The lowest BCUT2D eigenvalue weighted by Gasteiger charge is -2.34. The molecule has 6 heteroatoms.